The highest BCUT2D eigenvalue weighted by Crippen LogP contribution is 2.23. The number of nitrogens with zero attached hydrogens (tertiary/aromatic N) is 4. The van der Waals surface area contributed by atoms with Gasteiger partial charge < -0.3 is 0 Å². The zero-order chi connectivity index (χ0) is 19.9. The van der Waals surface area contributed by atoms with Gasteiger partial charge in [-0.3, -0.25) is 9.97 Å². The second-order valence-corrected chi connectivity index (χ2v) is 7.06. The van der Waals surface area contributed by atoms with Crippen LogP contribution in [-0.2, 0) is 0 Å². The fourth-order valence-electron chi connectivity index (χ4n) is 3.75. The van der Waals surface area contributed by atoms with Gasteiger partial charge in [-0.15, -0.1) is 0 Å². The van der Waals surface area contributed by atoms with Crippen LogP contribution in [0.2, 0.25) is 0 Å². The van der Waals surface area contributed by atoms with Gasteiger partial charge in [0, 0.05) is 33.9 Å². The third kappa shape index (κ3) is 2.73. The van der Waals surface area contributed by atoms with Gasteiger partial charge in [-0.2, -0.15) is 0 Å². The minimum Gasteiger partial charge on any atom is -0.256 e. The summed E-state index contributed by atoms with van der Waals surface area (Å²) in [6, 6.07) is 24.0. The van der Waals surface area contributed by atoms with E-state index in [1.54, 1.807) is 12.4 Å². The number of pyridine rings is 4. The highest BCUT2D eigenvalue weighted by Gasteiger charge is 2.04. The first-order chi connectivity index (χ1) is 14.8. The highest BCUT2D eigenvalue weighted by molar-refractivity contribution is 6.04. The van der Waals surface area contributed by atoms with Crippen molar-refractivity contribution in [1.29, 1.82) is 0 Å². The van der Waals surface area contributed by atoms with Crippen molar-refractivity contribution in [1.82, 2.24) is 19.9 Å². The minimum absolute atomic E-state index is 0.709. The van der Waals surface area contributed by atoms with Crippen molar-refractivity contribution < 1.29 is 0 Å². The molecule has 4 nitrogen and oxygen atoms in total. The molecule has 0 saturated heterocycles. The number of fused-ring (bicyclic) bond motifs is 6. The summed E-state index contributed by atoms with van der Waals surface area (Å²) in [5.41, 5.74) is 5.10. The average Bonchev–Trinajstić information content (AvgIpc) is 2.82. The van der Waals surface area contributed by atoms with E-state index in [2.05, 4.69) is 21.8 Å². The van der Waals surface area contributed by atoms with Crippen LogP contribution >= 0.6 is 0 Å². The van der Waals surface area contributed by atoms with E-state index in [1.807, 2.05) is 72.8 Å². The van der Waals surface area contributed by atoms with Crippen molar-refractivity contribution in [2.45, 2.75) is 0 Å². The molecule has 0 saturated carbocycles. The predicted molar refractivity (Wildman–Crippen MR) is 120 cm³/mol. The van der Waals surface area contributed by atoms with Gasteiger partial charge in [0.1, 0.15) is 11.4 Å². The standard InChI is InChI=1S/C26H14N4/c1-3-21-23(27-15-1)13-7-17-5-9-19(29-25(17)21)11-12-20-10-6-18-8-14-24-22(26(18)30-20)4-2-16-28-24/h1-10,13-16H. The van der Waals surface area contributed by atoms with E-state index in [9.17, 15) is 0 Å². The number of aromatic nitrogens is 4. The van der Waals surface area contributed by atoms with Crippen LogP contribution in [0.5, 0.6) is 0 Å². The Morgan fingerprint density at radius 1 is 0.500 bits per heavy atom. The van der Waals surface area contributed by atoms with Crippen LogP contribution in [0.3, 0.4) is 0 Å². The first-order valence-electron chi connectivity index (χ1n) is 9.66. The van der Waals surface area contributed by atoms with Crippen LogP contribution < -0.4 is 0 Å². The van der Waals surface area contributed by atoms with E-state index >= 15 is 0 Å². The molecule has 6 rings (SSSR count). The van der Waals surface area contributed by atoms with Crippen molar-refractivity contribution in [3.05, 3.63) is 96.6 Å². The minimum atomic E-state index is 0.709. The van der Waals surface area contributed by atoms with Crippen LogP contribution in [0.25, 0.3) is 43.6 Å². The topological polar surface area (TPSA) is 51.6 Å². The largest absolute Gasteiger partial charge is 0.256 e. The zero-order valence-corrected chi connectivity index (χ0v) is 15.9. The van der Waals surface area contributed by atoms with Crippen LogP contribution in [0, 0.1) is 11.8 Å². The second-order valence-electron chi connectivity index (χ2n) is 7.06. The van der Waals surface area contributed by atoms with Gasteiger partial charge in [-0.05, 0) is 72.5 Å². The molecular formula is C26H14N4. The predicted octanol–water partition coefficient (Wildman–Crippen LogP) is 5.28. The molecule has 6 aromatic rings. The molecule has 0 fully saturated rings. The lowest BCUT2D eigenvalue weighted by Crippen LogP contribution is -1.89. The van der Waals surface area contributed by atoms with Crippen LogP contribution in [0.1, 0.15) is 11.4 Å². The molecule has 0 radical (unpaired) electrons. The maximum atomic E-state index is 4.78. The molecule has 4 heteroatoms. The molecule has 138 valence electrons. The van der Waals surface area contributed by atoms with E-state index < -0.39 is 0 Å². The van der Waals surface area contributed by atoms with Crippen LogP contribution in [-0.4, -0.2) is 19.9 Å². The number of rotatable bonds is 0. The fourth-order valence-corrected chi connectivity index (χ4v) is 3.75. The second kappa shape index (κ2) is 6.61. The molecule has 0 atom stereocenters. The van der Waals surface area contributed by atoms with Crippen molar-refractivity contribution in [2.24, 2.45) is 0 Å². The Morgan fingerprint density at radius 2 is 0.967 bits per heavy atom. The molecule has 0 aliphatic carbocycles. The summed E-state index contributed by atoms with van der Waals surface area (Å²) < 4.78 is 0. The monoisotopic (exact) mass is 382 g/mol. The normalized spacial score (nSPS) is 11.1. The molecule has 4 heterocycles. The fraction of sp³-hybridized carbons (Fsp3) is 0. The van der Waals surface area contributed by atoms with Gasteiger partial charge in [0.05, 0.1) is 22.1 Å². The van der Waals surface area contributed by atoms with Crippen molar-refractivity contribution in [2.75, 3.05) is 0 Å². The first kappa shape index (κ1) is 16.6. The number of hydrogen-bond donors (Lipinski definition) is 0. The zero-order valence-electron chi connectivity index (χ0n) is 15.9. The molecule has 0 spiro atoms. The molecule has 2 aromatic carbocycles. The molecule has 4 aromatic heterocycles. The van der Waals surface area contributed by atoms with Crippen molar-refractivity contribution in [3.8, 4) is 11.8 Å². The Labute approximate surface area is 172 Å². The lowest BCUT2D eigenvalue weighted by atomic mass is 10.1. The lowest BCUT2D eigenvalue weighted by molar-refractivity contribution is 1.34. The Morgan fingerprint density at radius 3 is 1.47 bits per heavy atom. The van der Waals surface area contributed by atoms with Crippen molar-refractivity contribution in [3.63, 3.8) is 0 Å². The van der Waals surface area contributed by atoms with E-state index in [4.69, 9.17) is 9.97 Å². The third-order valence-corrected chi connectivity index (χ3v) is 5.20. The summed E-state index contributed by atoms with van der Waals surface area (Å²) in [5, 5.41) is 4.20. The smallest absolute Gasteiger partial charge is 0.114 e. The SMILES string of the molecule is C(#Cc1ccc2ccc3ncccc3c2n1)c1ccc2ccc3ncccc3c2n1. The molecule has 0 amide bonds. The van der Waals surface area contributed by atoms with E-state index in [1.165, 1.54) is 0 Å². The summed E-state index contributed by atoms with van der Waals surface area (Å²) >= 11 is 0. The molecule has 0 bridgehead atoms. The molecule has 0 aliphatic heterocycles. The summed E-state index contributed by atoms with van der Waals surface area (Å²) in [6.45, 7) is 0. The van der Waals surface area contributed by atoms with E-state index in [0.29, 0.717) is 11.4 Å². The number of hydrogen-bond acceptors (Lipinski definition) is 4. The quantitative estimate of drug-likeness (QED) is 0.265. The van der Waals surface area contributed by atoms with Crippen LogP contribution in [0.15, 0.2) is 85.2 Å². The summed E-state index contributed by atoms with van der Waals surface area (Å²) in [5.74, 6) is 6.34. The lowest BCUT2D eigenvalue weighted by Gasteiger charge is -2.03. The first-order valence-corrected chi connectivity index (χ1v) is 9.66. The molecule has 0 N–H and O–H groups in total. The Bertz CT molecular complexity index is 1540. The maximum absolute atomic E-state index is 4.78. The molecular weight excluding hydrogens is 368 g/mol. The Hall–Kier alpha value is -4.36. The van der Waals surface area contributed by atoms with Gasteiger partial charge in [0.25, 0.3) is 0 Å². The number of benzene rings is 2. The van der Waals surface area contributed by atoms with Gasteiger partial charge >= 0.3 is 0 Å². The van der Waals surface area contributed by atoms with Gasteiger partial charge in [0.15, 0.2) is 0 Å². The van der Waals surface area contributed by atoms with Gasteiger partial charge in [-0.25, -0.2) is 9.97 Å². The third-order valence-electron chi connectivity index (χ3n) is 5.20. The highest BCUT2D eigenvalue weighted by atomic mass is 14.7. The van der Waals surface area contributed by atoms with Gasteiger partial charge in [0.2, 0.25) is 0 Å². The molecule has 30 heavy (non-hydrogen) atoms. The molecule has 0 unspecified atom stereocenters. The Balaban J connectivity index is 1.48. The van der Waals surface area contributed by atoms with Gasteiger partial charge in [-0.1, -0.05) is 12.1 Å². The Kier molecular flexibility index (Phi) is 3.65. The van der Waals surface area contributed by atoms with Crippen LogP contribution in [0.4, 0.5) is 0 Å². The summed E-state index contributed by atoms with van der Waals surface area (Å²) in [4.78, 5) is 18.4. The summed E-state index contributed by atoms with van der Waals surface area (Å²) in [7, 11) is 0. The summed E-state index contributed by atoms with van der Waals surface area (Å²) in [6.07, 6.45) is 3.59. The average molecular weight is 382 g/mol. The van der Waals surface area contributed by atoms with Crippen molar-refractivity contribution >= 4 is 43.6 Å². The van der Waals surface area contributed by atoms with E-state index in [-0.39, 0.29) is 0 Å². The maximum Gasteiger partial charge on any atom is 0.114 e. The van der Waals surface area contributed by atoms with E-state index in [0.717, 1.165) is 43.6 Å². The molecule has 0 aliphatic rings.